The molecule has 1 aromatic heterocycles. The summed E-state index contributed by atoms with van der Waals surface area (Å²) in [4.78, 5) is 35.9. The number of hydrogen-bond donors (Lipinski definition) is 2. The van der Waals surface area contributed by atoms with Crippen molar-refractivity contribution in [1.29, 1.82) is 0 Å². The number of nitrogens with one attached hydrogen (secondary N) is 2. The van der Waals surface area contributed by atoms with E-state index in [1.54, 1.807) is 6.08 Å². The van der Waals surface area contributed by atoms with E-state index in [0.717, 1.165) is 72.2 Å². The zero-order valence-electron chi connectivity index (χ0n) is 22.6. The molecule has 1 aliphatic heterocycles. The molecule has 0 unspecified atom stereocenters. The molecular weight excluding hydrogens is 576 g/mol. The zero-order valence-corrected chi connectivity index (χ0v) is 24.2. The van der Waals surface area contributed by atoms with Crippen molar-refractivity contribution in [2.24, 2.45) is 0 Å². The van der Waals surface area contributed by atoms with Crippen LogP contribution in [0.4, 0.5) is 17.2 Å². The van der Waals surface area contributed by atoms with Gasteiger partial charge in [-0.05, 0) is 43.7 Å². The van der Waals surface area contributed by atoms with Crippen LogP contribution >= 0.6 is 15.9 Å². The van der Waals surface area contributed by atoms with Crippen LogP contribution in [0, 0.1) is 0 Å². The van der Waals surface area contributed by atoms with Crippen LogP contribution in [-0.4, -0.2) is 91.1 Å². The van der Waals surface area contributed by atoms with E-state index < -0.39 is 0 Å². The van der Waals surface area contributed by atoms with Gasteiger partial charge in [0, 0.05) is 60.9 Å². The SMILES string of the molecule is CCOC(=O)CN1CCN(CCCOc2cc3ncnc(Nc4cccc(Br)c4)c3cc2NCC=CC=O)CC1. The van der Waals surface area contributed by atoms with Gasteiger partial charge in [-0.15, -0.1) is 0 Å². The third kappa shape index (κ3) is 8.73. The molecule has 11 heteroatoms. The van der Waals surface area contributed by atoms with Crippen molar-refractivity contribution in [3.8, 4) is 5.75 Å². The average molecular weight is 612 g/mol. The first-order chi connectivity index (χ1) is 19.6. The van der Waals surface area contributed by atoms with Crippen LogP contribution in [0.5, 0.6) is 5.75 Å². The third-order valence-electron chi connectivity index (χ3n) is 6.45. The number of allylic oxidation sites excluding steroid dienone is 1. The third-order valence-corrected chi connectivity index (χ3v) is 6.94. The number of hydrogen-bond acceptors (Lipinski definition) is 10. The monoisotopic (exact) mass is 610 g/mol. The summed E-state index contributed by atoms with van der Waals surface area (Å²) in [5.74, 6) is 1.22. The van der Waals surface area contributed by atoms with Gasteiger partial charge in [0.25, 0.3) is 0 Å². The molecule has 2 heterocycles. The minimum absolute atomic E-state index is 0.160. The predicted octanol–water partition coefficient (Wildman–Crippen LogP) is 4.25. The number of rotatable bonds is 14. The van der Waals surface area contributed by atoms with Gasteiger partial charge >= 0.3 is 5.97 Å². The summed E-state index contributed by atoms with van der Waals surface area (Å²) in [5.41, 5.74) is 2.46. The molecule has 212 valence electrons. The fraction of sp³-hybridized carbons (Fsp3) is 0.379. The smallest absolute Gasteiger partial charge is 0.320 e. The lowest BCUT2D eigenvalue weighted by Gasteiger charge is -2.34. The largest absolute Gasteiger partial charge is 0.491 e. The molecule has 0 atom stereocenters. The Morgan fingerprint density at radius 1 is 1.12 bits per heavy atom. The van der Waals surface area contributed by atoms with Gasteiger partial charge in [0.15, 0.2) is 0 Å². The van der Waals surface area contributed by atoms with Crippen molar-refractivity contribution < 1.29 is 19.1 Å². The maximum Gasteiger partial charge on any atom is 0.320 e. The molecule has 0 radical (unpaired) electrons. The number of piperazine rings is 1. The van der Waals surface area contributed by atoms with Gasteiger partial charge in [-0.1, -0.05) is 28.1 Å². The van der Waals surface area contributed by atoms with E-state index in [1.807, 2.05) is 43.3 Å². The summed E-state index contributed by atoms with van der Waals surface area (Å²) in [6.45, 7) is 8.05. The van der Waals surface area contributed by atoms with E-state index in [0.29, 0.717) is 37.9 Å². The molecule has 0 aliphatic carbocycles. The Balaban J connectivity index is 1.38. The highest BCUT2D eigenvalue weighted by molar-refractivity contribution is 9.10. The van der Waals surface area contributed by atoms with Crippen molar-refractivity contribution in [2.45, 2.75) is 13.3 Å². The number of anilines is 3. The Kier molecular flexibility index (Phi) is 11.3. The molecule has 1 fully saturated rings. The fourth-order valence-corrected chi connectivity index (χ4v) is 4.87. The highest BCUT2D eigenvalue weighted by atomic mass is 79.9. The van der Waals surface area contributed by atoms with Crippen LogP contribution in [0.3, 0.4) is 0 Å². The minimum atomic E-state index is -0.160. The van der Waals surface area contributed by atoms with Crippen molar-refractivity contribution in [2.75, 3.05) is 69.7 Å². The van der Waals surface area contributed by atoms with Crippen LogP contribution in [0.1, 0.15) is 13.3 Å². The molecule has 4 rings (SSSR count). The lowest BCUT2D eigenvalue weighted by Crippen LogP contribution is -2.48. The number of aromatic nitrogens is 2. The number of fused-ring (bicyclic) bond motifs is 1. The second-order valence-corrected chi connectivity index (χ2v) is 10.2. The summed E-state index contributed by atoms with van der Waals surface area (Å²) in [6.07, 6.45) is 6.37. The van der Waals surface area contributed by atoms with Gasteiger partial charge in [-0.3, -0.25) is 14.5 Å². The Morgan fingerprint density at radius 3 is 2.73 bits per heavy atom. The number of ether oxygens (including phenoxy) is 2. The van der Waals surface area contributed by atoms with E-state index in [4.69, 9.17) is 9.47 Å². The lowest BCUT2D eigenvalue weighted by atomic mass is 10.1. The first-order valence-corrected chi connectivity index (χ1v) is 14.2. The topological polar surface area (TPSA) is 109 Å². The maximum atomic E-state index is 11.7. The summed E-state index contributed by atoms with van der Waals surface area (Å²) in [5, 5.41) is 7.56. The van der Waals surface area contributed by atoms with Gasteiger partial charge in [0.05, 0.1) is 31.0 Å². The van der Waals surface area contributed by atoms with Crippen molar-refractivity contribution in [3.63, 3.8) is 0 Å². The van der Waals surface area contributed by atoms with Crippen LogP contribution in [0.2, 0.25) is 0 Å². The Morgan fingerprint density at radius 2 is 1.95 bits per heavy atom. The number of esters is 1. The number of aldehydes is 1. The normalized spacial score (nSPS) is 14.3. The predicted molar refractivity (Wildman–Crippen MR) is 160 cm³/mol. The van der Waals surface area contributed by atoms with Crippen LogP contribution in [0.15, 0.2) is 59.4 Å². The van der Waals surface area contributed by atoms with Gasteiger partial charge in [-0.25, -0.2) is 9.97 Å². The average Bonchev–Trinajstić information content (AvgIpc) is 2.95. The number of nitrogens with zero attached hydrogens (tertiary/aromatic N) is 4. The summed E-state index contributed by atoms with van der Waals surface area (Å²) >= 11 is 3.51. The van der Waals surface area contributed by atoms with E-state index in [9.17, 15) is 9.59 Å². The minimum Gasteiger partial charge on any atom is -0.491 e. The van der Waals surface area contributed by atoms with Crippen molar-refractivity contribution >= 4 is 56.3 Å². The second kappa shape index (κ2) is 15.3. The van der Waals surface area contributed by atoms with Crippen LogP contribution in [-0.2, 0) is 14.3 Å². The molecule has 0 spiro atoms. The molecule has 1 saturated heterocycles. The Labute approximate surface area is 242 Å². The number of carbonyl (C=O) groups excluding carboxylic acids is 2. The first kappa shape index (κ1) is 29.4. The van der Waals surface area contributed by atoms with Gasteiger partial charge in [0.1, 0.15) is 24.2 Å². The molecule has 1 aliphatic rings. The van der Waals surface area contributed by atoms with E-state index in [1.165, 1.54) is 12.4 Å². The quantitative estimate of drug-likeness (QED) is 0.119. The standard InChI is InChI=1S/C29H35BrN6O4/c1-2-39-28(38)20-36-13-11-35(12-14-36)10-6-16-40-27-19-25-24(18-26(27)31-9-3-4-15-37)29(33-21-32-25)34-23-8-5-7-22(30)17-23/h3-5,7-8,15,17-19,21,31H,2,6,9-14,16,20H2,1H3,(H,32,33,34). The summed E-state index contributed by atoms with van der Waals surface area (Å²) in [7, 11) is 0. The molecule has 40 heavy (non-hydrogen) atoms. The molecule has 0 amide bonds. The molecule has 2 aromatic carbocycles. The van der Waals surface area contributed by atoms with Crippen molar-refractivity contribution in [1.82, 2.24) is 19.8 Å². The van der Waals surface area contributed by atoms with Gasteiger partial charge < -0.3 is 25.0 Å². The van der Waals surface area contributed by atoms with Gasteiger partial charge in [-0.2, -0.15) is 0 Å². The van der Waals surface area contributed by atoms with E-state index >= 15 is 0 Å². The van der Waals surface area contributed by atoms with Crippen LogP contribution < -0.4 is 15.4 Å². The molecule has 2 N–H and O–H groups in total. The summed E-state index contributed by atoms with van der Waals surface area (Å²) < 4.78 is 12.2. The lowest BCUT2D eigenvalue weighted by molar-refractivity contribution is -0.144. The first-order valence-electron chi connectivity index (χ1n) is 13.4. The van der Waals surface area contributed by atoms with Gasteiger partial charge in [0.2, 0.25) is 0 Å². The molecule has 0 bridgehead atoms. The number of benzene rings is 2. The molecule has 10 nitrogen and oxygen atoms in total. The van der Waals surface area contributed by atoms with Crippen molar-refractivity contribution in [3.05, 3.63) is 59.4 Å². The molecular formula is C29H35BrN6O4. The zero-order chi connectivity index (χ0) is 28.2. The fourth-order valence-electron chi connectivity index (χ4n) is 4.47. The molecule has 3 aromatic rings. The highest BCUT2D eigenvalue weighted by Crippen LogP contribution is 2.33. The van der Waals surface area contributed by atoms with Crippen LogP contribution in [0.25, 0.3) is 10.9 Å². The Bertz CT molecular complexity index is 1310. The number of halogens is 1. The maximum absolute atomic E-state index is 11.7. The summed E-state index contributed by atoms with van der Waals surface area (Å²) in [6, 6.07) is 11.8. The van der Waals surface area contributed by atoms with E-state index in [-0.39, 0.29) is 5.97 Å². The molecule has 0 saturated carbocycles. The van der Waals surface area contributed by atoms with E-state index in [2.05, 4.69) is 46.3 Å². The number of carbonyl (C=O) groups is 2. The Hall–Kier alpha value is -3.54. The highest BCUT2D eigenvalue weighted by Gasteiger charge is 2.19. The second-order valence-electron chi connectivity index (χ2n) is 9.29.